The molecular formula is C17H23NO6S. The molecule has 1 saturated heterocycles. The lowest BCUT2D eigenvalue weighted by molar-refractivity contribution is -0.142. The summed E-state index contributed by atoms with van der Waals surface area (Å²) >= 11 is 0. The number of amides is 1. The van der Waals surface area contributed by atoms with Gasteiger partial charge in [0.2, 0.25) is 5.91 Å². The lowest BCUT2D eigenvalue weighted by atomic mass is 10.1. The van der Waals surface area contributed by atoms with E-state index < -0.39 is 21.8 Å². The molecule has 1 aromatic carbocycles. The Kier molecular flexibility index (Phi) is 6.41. The minimum Gasteiger partial charge on any atom is -0.496 e. The molecule has 0 radical (unpaired) electrons. The van der Waals surface area contributed by atoms with E-state index in [0.29, 0.717) is 12.2 Å². The number of hydrogen-bond donors (Lipinski definition) is 0. The highest BCUT2D eigenvalue weighted by atomic mass is 32.2. The molecule has 2 rings (SSSR count). The third-order valence-corrected chi connectivity index (χ3v) is 6.04. The summed E-state index contributed by atoms with van der Waals surface area (Å²) in [5.41, 5.74) is 0.721. The maximum absolute atomic E-state index is 12.8. The van der Waals surface area contributed by atoms with E-state index in [4.69, 9.17) is 4.74 Å². The average molecular weight is 369 g/mol. The zero-order chi connectivity index (χ0) is 18.4. The van der Waals surface area contributed by atoms with Crippen LogP contribution in [0.2, 0.25) is 0 Å². The Morgan fingerprint density at radius 3 is 2.56 bits per heavy atom. The van der Waals surface area contributed by atoms with E-state index in [1.165, 1.54) is 19.1 Å². The molecule has 0 aliphatic carbocycles. The maximum Gasteiger partial charge on any atom is 0.307 e. The number of nitrogens with zero attached hydrogens (tertiary/aromatic N) is 1. The lowest BCUT2D eigenvalue weighted by Gasteiger charge is -2.28. The Hall–Kier alpha value is -2.09. The SMILES string of the molecule is COC(=O)CCN(C(=O)Cc1ccccc1OC)C1CCS(=O)(=O)C1. The third-order valence-electron chi connectivity index (χ3n) is 4.29. The van der Waals surface area contributed by atoms with E-state index in [-0.39, 0.29) is 36.8 Å². The van der Waals surface area contributed by atoms with Crippen LogP contribution in [0.4, 0.5) is 0 Å². The Labute approximate surface area is 147 Å². The molecule has 1 atom stereocenters. The normalized spacial score (nSPS) is 18.6. The first kappa shape index (κ1) is 19.2. The molecule has 7 nitrogen and oxygen atoms in total. The summed E-state index contributed by atoms with van der Waals surface area (Å²) < 4.78 is 33.4. The Bertz CT molecular complexity index is 730. The second-order valence-electron chi connectivity index (χ2n) is 5.96. The van der Waals surface area contributed by atoms with Gasteiger partial charge in [-0.1, -0.05) is 18.2 Å². The monoisotopic (exact) mass is 369 g/mol. The second kappa shape index (κ2) is 8.33. The van der Waals surface area contributed by atoms with Crippen LogP contribution >= 0.6 is 0 Å². The van der Waals surface area contributed by atoms with Gasteiger partial charge in [0.25, 0.3) is 0 Å². The fourth-order valence-electron chi connectivity index (χ4n) is 2.96. The van der Waals surface area contributed by atoms with Crippen molar-refractivity contribution in [2.45, 2.75) is 25.3 Å². The Morgan fingerprint density at radius 2 is 1.96 bits per heavy atom. The van der Waals surface area contributed by atoms with Crippen molar-refractivity contribution in [3.8, 4) is 5.75 Å². The molecule has 1 heterocycles. The van der Waals surface area contributed by atoms with E-state index in [0.717, 1.165) is 5.56 Å². The van der Waals surface area contributed by atoms with Crippen molar-refractivity contribution in [3.05, 3.63) is 29.8 Å². The summed E-state index contributed by atoms with van der Waals surface area (Å²) in [6.07, 6.45) is 0.508. The van der Waals surface area contributed by atoms with Crippen LogP contribution in [-0.4, -0.2) is 63.5 Å². The lowest BCUT2D eigenvalue weighted by Crippen LogP contribution is -2.43. The van der Waals surface area contributed by atoms with Gasteiger partial charge in [-0.3, -0.25) is 9.59 Å². The van der Waals surface area contributed by atoms with E-state index in [1.807, 2.05) is 12.1 Å². The van der Waals surface area contributed by atoms with Crippen LogP contribution in [-0.2, 0) is 30.6 Å². The van der Waals surface area contributed by atoms with Crippen molar-refractivity contribution >= 4 is 21.7 Å². The van der Waals surface area contributed by atoms with Gasteiger partial charge < -0.3 is 14.4 Å². The Balaban J connectivity index is 2.15. The molecule has 25 heavy (non-hydrogen) atoms. The fourth-order valence-corrected chi connectivity index (χ4v) is 4.69. The van der Waals surface area contributed by atoms with Crippen LogP contribution in [0.3, 0.4) is 0 Å². The average Bonchev–Trinajstić information content (AvgIpc) is 2.95. The highest BCUT2D eigenvalue weighted by Crippen LogP contribution is 2.22. The third kappa shape index (κ3) is 5.19. The molecule has 1 aromatic rings. The van der Waals surface area contributed by atoms with Crippen LogP contribution in [0, 0.1) is 0 Å². The highest BCUT2D eigenvalue weighted by Gasteiger charge is 2.34. The first-order valence-corrected chi connectivity index (χ1v) is 9.87. The zero-order valence-corrected chi connectivity index (χ0v) is 15.3. The summed E-state index contributed by atoms with van der Waals surface area (Å²) in [6.45, 7) is 0.140. The predicted octanol–water partition coefficient (Wildman–Crippen LogP) is 0.816. The van der Waals surface area contributed by atoms with Crippen LogP contribution in [0.1, 0.15) is 18.4 Å². The topological polar surface area (TPSA) is 90.0 Å². The number of para-hydroxylation sites is 1. The smallest absolute Gasteiger partial charge is 0.307 e. The molecule has 0 N–H and O–H groups in total. The standard InChI is InChI=1S/C17H23NO6S/c1-23-15-6-4-3-5-13(15)11-16(19)18(9-7-17(20)24-2)14-8-10-25(21,22)12-14/h3-6,14H,7-12H2,1-2H3. The quantitative estimate of drug-likeness (QED) is 0.661. The van der Waals surface area contributed by atoms with Gasteiger partial charge >= 0.3 is 5.97 Å². The molecule has 0 bridgehead atoms. The van der Waals surface area contributed by atoms with Crippen molar-refractivity contribution in [2.75, 3.05) is 32.3 Å². The van der Waals surface area contributed by atoms with Crippen LogP contribution < -0.4 is 4.74 Å². The van der Waals surface area contributed by atoms with Crippen LogP contribution in [0.5, 0.6) is 5.75 Å². The summed E-state index contributed by atoms with van der Waals surface area (Å²) in [5, 5.41) is 0. The first-order valence-electron chi connectivity index (χ1n) is 8.05. The number of carbonyl (C=O) groups is 2. The van der Waals surface area contributed by atoms with Gasteiger partial charge in [-0.05, 0) is 12.5 Å². The highest BCUT2D eigenvalue weighted by molar-refractivity contribution is 7.91. The number of sulfone groups is 1. The summed E-state index contributed by atoms with van der Waals surface area (Å²) in [4.78, 5) is 25.7. The number of esters is 1. The molecule has 0 spiro atoms. The zero-order valence-electron chi connectivity index (χ0n) is 14.4. The van der Waals surface area contributed by atoms with Crippen molar-refractivity contribution in [3.63, 3.8) is 0 Å². The van der Waals surface area contributed by atoms with Crippen molar-refractivity contribution < 1.29 is 27.5 Å². The van der Waals surface area contributed by atoms with Crippen LogP contribution in [0.25, 0.3) is 0 Å². The maximum atomic E-state index is 12.8. The van der Waals surface area contributed by atoms with E-state index in [9.17, 15) is 18.0 Å². The molecule has 1 amide bonds. The Morgan fingerprint density at radius 1 is 1.24 bits per heavy atom. The largest absolute Gasteiger partial charge is 0.496 e. The van der Waals surface area contributed by atoms with E-state index >= 15 is 0 Å². The van der Waals surface area contributed by atoms with Gasteiger partial charge in [-0.2, -0.15) is 0 Å². The van der Waals surface area contributed by atoms with Crippen LogP contribution in [0.15, 0.2) is 24.3 Å². The molecular weight excluding hydrogens is 346 g/mol. The molecule has 1 aliphatic heterocycles. The minimum absolute atomic E-state index is 0.0325. The summed E-state index contributed by atoms with van der Waals surface area (Å²) in [7, 11) is -0.328. The molecule has 138 valence electrons. The summed E-state index contributed by atoms with van der Waals surface area (Å²) in [6, 6.07) is 6.77. The van der Waals surface area contributed by atoms with E-state index in [1.54, 1.807) is 12.1 Å². The minimum atomic E-state index is -3.14. The molecule has 1 aliphatic rings. The van der Waals surface area contributed by atoms with Gasteiger partial charge in [0, 0.05) is 18.2 Å². The number of carbonyl (C=O) groups excluding carboxylic acids is 2. The number of rotatable bonds is 7. The molecule has 8 heteroatoms. The number of hydrogen-bond acceptors (Lipinski definition) is 6. The number of benzene rings is 1. The first-order chi connectivity index (χ1) is 11.9. The van der Waals surface area contributed by atoms with Crippen molar-refractivity contribution in [2.24, 2.45) is 0 Å². The number of ether oxygens (including phenoxy) is 2. The van der Waals surface area contributed by atoms with Gasteiger partial charge in [0.1, 0.15) is 5.75 Å². The molecule has 1 fully saturated rings. The van der Waals surface area contributed by atoms with E-state index in [2.05, 4.69) is 4.74 Å². The van der Waals surface area contributed by atoms with Crippen molar-refractivity contribution in [1.29, 1.82) is 0 Å². The van der Waals surface area contributed by atoms with Gasteiger partial charge in [-0.25, -0.2) is 8.42 Å². The van der Waals surface area contributed by atoms with Gasteiger partial charge in [0.05, 0.1) is 38.6 Å². The second-order valence-corrected chi connectivity index (χ2v) is 8.19. The predicted molar refractivity (Wildman–Crippen MR) is 92.1 cm³/mol. The van der Waals surface area contributed by atoms with Gasteiger partial charge in [0.15, 0.2) is 9.84 Å². The summed E-state index contributed by atoms with van der Waals surface area (Å²) in [5.74, 6) is -0.0607. The molecule has 1 unspecified atom stereocenters. The number of methoxy groups -OCH3 is 2. The molecule has 0 saturated carbocycles. The fraction of sp³-hybridized carbons (Fsp3) is 0.529. The molecule has 0 aromatic heterocycles. The van der Waals surface area contributed by atoms with Gasteiger partial charge in [-0.15, -0.1) is 0 Å². The van der Waals surface area contributed by atoms with Crippen molar-refractivity contribution in [1.82, 2.24) is 4.90 Å².